The Bertz CT molecular complexity index is 744. The number of carbonyl (C=O) groups excluding carboxylic acids is 4. The molecule has 2 fully saturated rings. The molecule has 0 bridgehead atoms. The third kappa shape index (κ3) is 4.80. The zero-order valence-electron chi connectivity index (χ0n) is 17.5. The van der Waals surface area contributed by atoms with Crippen LogP contribution in [-0.2, 0) is 19.1 Å². The second-order valence-electron chi connectivity index (χ2n) is 7.76. The molecule has 2 aliphatic rings. The lowest BCUT2D eigenvalue weighted by Crippen LogP contribution is -2.41. The predicted octanol–water partition coefficient (Wildman–Crippen LogP) is 1.74. The molecule has 2 aliphatic heterocycles. The van der Waals surface area contributed by atoms with Gasteiger partial charge in [-0.15, -0.1) is 0 Å². The minimum absolute atomic E-state index is 0.141. The Hall–Kier alpha value is -2.90. The van der Waals surface area contributed by atoms with Crippen LogP contribution in [0.2, 0.25) is 0 Å². The fraction of sp³-hybridized carbons (Fsp3) is 0.545. The Morgan fingerprint density at radius 3 is 1.43 bits per heavy atom. The van der Waals surface area contributed by atoms with Gasteiger partial charge in [-0.1, -0.05) is 6.07 Å². The topological polar surface area (TPSA) is 93.2 Å². The third-order valence-corrected chi connectivity index (χ3v) is 5.99. The van der Waals surface area contributed by atoms with E-state index in [0.29, 0.717) is 63.0 Å². The maximum absolute atomic E-state index is 12.9. The van der Waals surface area contributed by atoms with Crippen LogP contribution >= 0.6 is 0 Å². The average molecular weight is 416 g/mol. The molecule has 8 nitrogen and oxygen atoms in total. The number of esters is 2. The lowest BCUT2D eigenvalue weighted by molar-refractivity contribution is -0.147. The molecule has 0 unspecified atom stereocenters. The van der Waals surface area contributed by atoms with E-state index in [1.807, 2.05) is 0 Å². The summed E-state index contributed by atoms with van der Waals surface area (Å²) in [6.07, 6.45) is 2.30. The predicted molar refractivity (Wildman–Crippen MR) is 108 cm³/mol. The van der Waals surface area contributed by atoms with Gasteiger partial charge in [0.2, 0.25) is 0 Å². The molecule has 0 saturated carbocycles. The number of hydrogen-bond donors (Lipinski definition) is 0. The van der Waals surface area contributed by atoms with Crippen molar-refractivity contribution < 1.29 is 28.7 Å². The zero-order valence-corrected chi connectivity index (χ0v) is 17.5. The number of ether oxygens (including phenoxy) is 2. The van der Waals surface area contributed by atoms with Crippen molar-refractivity contribution in [2.75, 3.05) is 40.4 Å². The summed E-state index contributed by atoms with van der Waals surface area (Å²) in [7, 11) is 2.75. The molecule has 162 valence electrons. The fourth-order valence-electron chi connectivity index (χ4n) is 4.12. The Kier molecular flexibility index (Phi) is 7.07. The van der Waals surface area contributed by atoms with Gasteiger partial charge in [0.1, 0.15) is 0 Å². The van der Waals surface area contributed by atoms with Crippen molar-refractivity contribution in [1.29, 1.82) is 0 Å². The summed E-state index contributed by atoms with van der Waals surface area (Å²) < 4.78 is 9.57. The molecule has 8 heteroatoms. The summed E-state index contributed by atoms with van der Waals surface area (Å²) in [4.78, 5) is 52.5. The van der Waals surface area contributed by atoms with Gasteiger partial charge < -0.3 is 19.3 Å². The molecule has 1 aromatic rings. The van der Waals surface area contributed by atoms with Crippen molar-refractivity contribution in [1.82, 2.24) is 9.80 Å². The molecule has 30 heavy (non-hydrogen) atoms. The standard InChI is InChI=1S/C22H28N2O6/c1-29-21(27)15-6-10-23(11-7-15)19(25)17-4-3-5-18(14-17)20(26)24-12-8-16(9-13-24)22(28)30-2/h3-5,14-16H,6-13H2,1-2H3. The molecule has 0 spiro atoms. The number of nitrogens with zero attached hydrogens (tertiary/aromatic N) is 2. The van der Waals surface area contributed by atoms with Gasteiger partial charge in [0.15, 0.2) is 0 Å². The zero-order chi connectivity index (χ0) is 21.7. The summed E-state index contributed by atoms with van der Waals surface area (Å²) in [6, 6.07) is 6.75. The van der Waals surface area contributed by atoms with Crippen LogP contribution in [0.15, 0.2) is 24.3 Å². The molecule has 2 saturated heterocycles. The van der Waals surface area contributed by atoms with Crippen LogP contribution in [0.25, 0.3) is 0 Å². The van der Waals surface area contributed by atoms with Gasteiger partial charge >= 0.3 is 11.9 Å². The Morgan fingerprint density at radius 2 is 1.10 bits per heavy atom. The smallest absolute Gasteiger partial charge is 0.308 e. The Balaban J connectivity index is 1.61. The van der Waals surface area contributed by atoms with E-state index in [2.05, 4.69) is 0 Å². The quantitative estimate of drug-likeness (QED) is 0.694. The Labute approximate surface area is 176 Å². The van der Waals surface area contributed by atoms with Gasteiger partial charge in [-0.05, 0) is 43.9 Å². The lowest BCUT2D eigenvalue weighted by Gasteiger charge is -2.31. The number of piperidine rings is 2. The van der Waals surface area contributed by atoms with Gasteiger partial charge in [0.25, 0.3) is 11.8 Å². The fourth-order valence-corrected chi connectivity index (χ4v) is 4.12. The van der Waals surface area contributed by atoms with E-state index < -0.39 is 0 Å². The molecule has 0 N–H and O–H groups in total. The van der Waals surface area contributed by atoms with Crippen molar-refractivity contribution in [3.8, 4) is 0 Å². The number of rotatable bonds is 4. The first-order valence-electron chi connectivity index (χ1n) is 10.3. The van der Waals surface area contributed by atoms with Crippen LogP contribution in [0, 0.1) is 11.8 Å². The minimum Gasteiger partial charge on any atom is -0.469 e. The van der Waals surface area contributed by atoms with E-state index in [9.17, 15) is 19.2 Å². The van der Waals surface area contributed by atoms with E-state index in [1.165, 1.54) is 14.2 Å². The molecule has 0 radical (unpaired) electrons. The lowest BCUT2D eigenvalue weighted by atomic mass is 9.95. The highest BCUT2D eigenvalue weighted by Crippen LogP contribution is 2.22. The highest BCUT2D eigenvalue weighted by atomic mass is 16.5. The number of amides is 2. The van der Waals surface area contributed by atoms with E-state index >= 15 is 0 Å². The normalized spacial score (nSPS) is 18.1. The monoisotopic (exact) mass is 416 g/mol. The molecule has 0 aliphatic carbocycles. The molecular formula is C22H28N2O6. The van der Waals surface area contributed by atoms with Crippen molar-refractivity contribution in [3.63, 3.8) is 0 Å². The number of hydrogen-bond acceptors (Lipinski definition) is 6. The number of carbonyl (C=O) groups is 4. The van der Waals surface area contributed by atoms with Gasteiger partial charge in [0.05, 0.1) is 26.1 Å². The highest BCUT2D eigenvalue weighted by molar-refractivity contribution is 5.99. The SMILES string of the molecule is COC(=O)C1CCN(C(=O)c2cccc(C(=O)N3CCC(C(=O)OC)CC3)c2)CC1. The first-order chi connectivity index (χ1) is 14.4. The van der Waals surface area contributed by atoms with E-state index in [1.54, 1.807) is 34.1 Å². The van der Waals surface area contributed by atoms with Crippen molar-refractivity contribution in [2.45, 2.75) is 25.7 Å². The van der Waals surface area contributed by atoms with E-state index in [4.69, 9.17) is 9.47 Å². The second kappa shape index (κ2) is 9.73. The van der Waals surface area contributed by atoms with Crippen LogP contribution in [0.1, 0.15) is 46.4 Å². The molecule has 2 heterocycles. The summed E-state index contributed by atoms with van der Waals surface area (Å²) in [5, 5.41) is 0. The molecule has 2 amide bonds. The summed E-state index contributed by atoms with van der Waals surface area (Å²) in [6.45, 7) is 1.94. The third-order valence-electron chi connectivity index (χ3n) is 5.99. The van der Waals surface area contributed by atoms with Crippen LogP contribution in [0.4, 0.5) is 0 Å². The van der Waals surface area contributed by atoms with Crippen LogP contribution in [0.5, 0.6) is 0 Å². The van der Waals surface area contributed by atoms with Gasteiger partial charge in [-0.25, -0.2) is 0 Å². The molecule has 3 rings (SSSR count). The number of methoxy groups -OCH3 is 2. The number of benzene rings is 1. The maximum atomic E-state index is 12.9. The molecular weight excluding hydrogens is 388 g/mol. The minimum atomic E-state index is -0.231. The van der Waals surface area contributed by atoms with E-state index in [0.717, 1.165) is 0 Å². The maximum Gasteiger partial charge on any atom is 0.308 e. The molecule has 1 aromatic carbocycles. The first kappa shape index (κ1) is 21.8. The highest BCUT2D eigenvalue weighted by Gasteiger charge is 2.30. The largest absolute Gasteiger partial charge is 0.469 e. The van der Waals surface area contributed by atoms with E-state index in [-0.39, 0.29) is 35.6 Å². The van der Waals surface area contributed by atoms with Crippen LogP contribution < -0.4 is 0 Å². The van der Waals surface area contributed by atoms with Crippen molar-refractivity contribution in [2.24, 2.45) is 11.8 Å². The van der Waals surface area contributed by atoms with Gasteiger partial charge in [-0.3, -0.25) is 19.2 Å². The van der Waals surface area contributed by atoms with Crippen molar-refractivity contribution >= 4 is 23.8 Å². The second-order valence-corrected chi connectivity index (χ2v) is 7.76. The molecule has 0 aromatic heterocycles. The summed E-state index contributed by atoms with van der Waals surface area (Å²) in [5.41, 5.74) is 0.920. The summed E-state index contributed by atoms with van der Waals surface area (Å²) in [5.74, 6) is -1.08. The Morgan fingerprint density at radius 1 is 0.733 bits per heavy atom. The molecule has 0 atom stereocenters. The number of likely N-dealkylation sites (tertiary alicyclic amines) is 2. The first-order valence-corrected chi connectivity index (χ1v) is 10.3. The summed E-state index contributed by atoms with van der Waals surface area (Å²) >= 11 is 0. The van der Waals surface area contributed by atoms with Crippen LogP contribution in [0.3, 0.4) is 0 Å². The van der Waals surface area contributed by atoms with Crippen LogP contribution in [-0.4, -0.2) is 74.0 Å². The van der Waals surface area contributed by atoms with Gasteiger partial charge in [0, 0.05) is 37.3 Å². The van der Waals surface area contributed by atoms with Crippen molar-refractivity contribution in [3.05, 3.63) is 35.4 Å². The average Bonchev–Trinajstić information content (AvgIpc) is 2.82. The van der Waals surface area contributed by atoms with Gasteiger partial charge in [-0.2, -0.15) is 0 Å².